The van der Waals surface area contributed by atoms with Gasteiger partial charge in [0.05, 0.1) is 13.2 Å². The first-order valence-corrected chi connectivity index (χ1v) is 9.25. The molecule has 1 fully saturated rings. The normalized spacial score (nSPS) is 31.5. The molecule has 3 nitrogen and oxygen atoms in total. The summed E-state index contributed by atoms with van der Waals surface area (Å²) in [5.41, 5.74) is 2.88. The van der Waals surface area contributed by atoms with Crippen LogP contribution in [0.4, 0.5) is 0 Å². The third kappa shape index (κ3) is 2.35. The fraction of sp³-hybridized carbons (Fsp3) is 0.714. The van der Waals surface area contributed by atoms with Crippen molar-refractivity contribution < 1.29 is 14.9 Å². The van der Waals surface area contributed by atoms with Gasteiger partial charge in [-0.3, -0.25) is 0 Å². The van der Waals surface area contributed by atoms with E-state index in [4.69, 9.17) is 4.74 Å². The van der Waals surface area contributed by atoms with E-state index in [9.17, 15) is 10.2 Å². The van der Waals surface area contributed by atoms with Crippen molar-refractivity contribution in [1.29, 1.82) is 0 Å². The Labute approximate surface area is 146 Å². The van der Waals surface area contributed by atoms with E-state index < -0.39 is 6.10 Å². The number of aliphatic hydroxyl groups excluding tert-OH is 1. The van der Waals surface area contributed by atoms with Crippen molar-refractivity contribution >= 4 is 0 Å². The summed E-state index contributed by atoms with van der Waals surface area (Å²) in [6, 6.07) is 2.08. The minimum atomic E-state index is -0.509. The summed E-state index contributed by atoms with van der Waals surface area (Å²) in [6.45, 7) is 11.1. The van der Waals surface area contributed by atoms with Crippen molar-refractivity contribution in [3.63, 3.8) is 0 Å². The third-order valence-electron chi connectivity index (χ3n) is 6.76. The molecule has 1 aromatic carbocycles. The quantitative estimate of drug-likeness (QED) is 0.797. The summed E-state index contributed by atoms with van der Waals surface area (Å²) in [4.78, 5) is 0. The summed E-state index contributed by atoms with van der Waals surface area (Å²) in [5, 5.41) is 22.0. The number of hydrogen-bond donors (Lipinski definition) is 2. The maximum atomic E-state index is 11.1. The highest BCUT2D eigenvalue weighted by molar-refractivity contribution is 5.60. The average molecular weight is 332 g/mol. The molecule has 3 heteroatoms. The van der Waals surface area contributed by atoms with Gasteiger partial charge in [-0.05, 0) is 48.1 Å². The zero-order chi connectivity index (χ0) is 17.9. The Bertz CT molecular complexity index is 647. The van der Waals surface area contributed by atoms with E-state index in [1.807, 2.05) is 0 Å². The van der Waals surface area contributed by atoms with Crippen LogP contribution in [0, 0.1) is 11.3 Å². The smallest absolute Gasteiger partial charge is 0.164 e. The maximum Gasteiger partial charge on any atom is 0.164 e. The van der Waals surface area contributed by atoms with Crippen molar-refractivity contribution in [3.05, 3.63) is 22.8 Å². The van der Waals surface area contributed by atoms with Crippen LogP contribution >= 0.6 is 0 Å². The van der Waals surface area contributed by atoms with E-state index in [1.54, 1.807) is 7.11 Å². The number of aliphatic hydroxyl groups is 1. The molecule has 0 unspecified atom stereocenters. The van der Waals surface area contributed by atoms with Crippen LogP contribution in [0.1, 0.15) is 89.0 Å². The molecular formula is C21H32O3. The highest BCUT2D eigenvalue weighted by Crippen LogP contribution is 2.62. The lowest BCUT2D eigenvalue weighted by Crippen LogP contribution is -2.48. The molecule has 3 atom stereocenters. The van der Waals surface area contributed by atoms with Crippen molar-refractivity contribution in [2.75, 3.05) is 7.11 Å². The van der Waals surface area contributed by atoms with Gasteiger partial charge in [0, 0.05) is 16.5 Å². The molecule has 0 amide bonds. The number of rotatable bonds is 2. The van der Waals surface area contributed by atoms with E-state index in [0.29, 0.717) is 11.7 Å². The summed E-state index contributed by atoms with van der Waals surface area (Å²) in [6.07, 6.45) is 3.66. The van der Waals surface area contributed by atoms with Crippen LogP contribution < -0.4 is 4.74 Å². The molecule has 2 aliphatic carbocycles. The highest BCUT2D eigenvalue weighted by Gasteiger charge is 2.53. The van der Waals surface area contributed by atoms with Gasteiger partial charge in [-0.1, -0.05) is 41.0 Å². The summed E-state index contributed by atoms with van der Waals surface area (Å²) < 4.78 is 5.58. The first kappa shape index (κ1) is 17.6. The molecule has 0 bridgehead atoms. The highest BCUT2D eigenvalue weighted by atomic mass is 16.5. The lowest BCUT2D eigenvalue weighted by molar-refractivity contribution is -0.00817. The van der Waals surface area contributed by atoms with Crippen LogP contribution in [0.5, 0.6) is 11.5 Å². The van der Waals surface area contributed by atoms with E-state index >= 15 is 0 Å². The zero-order valence-corrected chi connectivity index (χ0v) is 15.9. The monoisotopic (exact) mass is 332 g/mol. The molecule has 0 spiro atoms. The molecule has 2 aliphatic rings. The Morgan fingerprint density at radius 2 is 1.88 bits per heavy atom. The minimum absolute atomic E-state index is 0.108. The second-order valence-corrected chi connectivity index (χ2v) is 9.03. The number of methoxy groups -OCH3 is 1. The fourth-order valence-electron chi connectivity index (χ4n) is 5.55. The molecule has 0 aliphatic heterocycles. The Hall–Kier alpha value is -1.22. The van der Waals surface area contributed by atoms with E-state index in [0.717, 1.165) is 36.0 Å². The predicted octanol–water partition coefficient (Wildman–Crippen LogP) is 5.05. The second-order valence-electron chi connectivity index (χ2n) is 9.03. The third-order valence-corrected chi connectivity index (χ3v) is 6.76. The van der Waals surface area contributed by atoms with Gasteiger partial charge >= 0.3 is 0 Å². The molecule has 3 rings (SSSR count). The molecule has 24 heavy (non-hydrogen) atoms. The number of phenolic OH excluding ortho intramolecular Hbond substituents is 1. The number of hydrogen-bond acceptors (Lipinski definition) is 3. The Kier molecular flexibility index (Phi) is 4.15. The van der Waals surface area contributed by atoms with Gasteiger partial charge in [0.2, 0.25) is 0 Å². The topological polar surface area (TPSA) is 49.7 Å². The summed E-state index contributed by atoms with van der Waals surface area (Å²) in [5.74, 6) is 1.43. The number of ether oxygens (including phenoxy) is 1. The Balaban J connectivity index is 2.28. The lowest BCUT2D eigenvalue weighted by atomic mass is 9.49. The number of phenols is 1. The van der Waals surface area contributed by atoms with E-state index in [2.05, 4.69) is 40.7 Å². The molecule has 0 aromatic heterocycles. The van der Waals surface area contributed by atoms with Gasteiger partial charge < -0.3 is 14.9 Å². The molecule has 0 heterocycles. The van der Waals surface area contributed by atoms with E-state index in [-0.39, 0.29) is 22.5 Å². The molecule has 2 N–H and O–H groups in total. The average Bonchev–Trinajstić information content (AvgIpc) is 2.48. The van der Waals surface area contributed by atoms with E-state index in [1.165, 1.54) is 6.42 Å². The number of aromatic hydroxyl groups is 1. The van der Waals surface area contributed by atoms with Crippen molar-refractivity contribution in [2.45, 2.75) is 77.7 Å². The van der Waals surface area contributed by atoms with Gasteiger partial charge in [0.25, 0.3) is 0 Å². The largest absolute Gasteiger partial charge is 0.504 e. The van der Waals surface area contributed by atoms with Crippen molar-refractivity contribution in [1.82, 2.24) is 0 Å². The zero-order valence-electron chi connectivity index (χ0n) is 15.9. The SMILES string of the molecule is COc1c(C(C)C)cc2c(c1O)[C@@]1(C)CCCC(C)(C)[C@H]1C[C@@H]2O. The second kappa shape index (κ2) is 5.66. The van der Waals surface area contributed by atoms with Gasteiger partial charge in [0.1, 0.15) is 0 Å². The van der Waals surface area contributed by atoms with Gasteiger partial charge in [0.15, 0.2) is 11.5 Å². The van der Waals surface area contributed by atoms with Gasteiger partial charge in [-0.2, -0.15) is 0 Å². The van der Waals surface area contributed by atoms with Crippen molar-refractivity contribution in [2.24, 2.45) is 11.3 Å². The van der Waals surface area contributed by atoms with Gasteiger partial charge in [-0.25, -0.2) is 0 Å². The first-order valence-electron chi connectivity index (χ1n) is 9.25. The minimum Gasteiger partial charge on any atom is -0.504 e. The lowest BCUT2D eigenvalue weighted by Gasteiger charge is -2.55. The Morgan fingerprint density at radius 1 is 1.21 bits per heavy atom. The predicted molar refractivity (Wildman–Crippen MR) is 96.8 cm³/mol. The number of fused-ring (bicyclic) bond motifs is 3. The van der Waals surface area contributed by atoms with Crippen LogP contribution in [-0.4, -0.2) is 17.3 Å². The number of benzene rings is 1. The van der Waals surface area contributed by atoms with Crippen LogP contribution in [-0.2, 0) is 5.41 Å². The molecule has 134 valence electrons. The first-order chi connectivity index (χ1) is 11.1. The standard InChI is InChI=1S/C21H32O3/c1-12(2)13-10-14-15(22)11-16-20(3,4)8-7-9-21(16,5)17(14)18(23)19(13)24-6/h10,12,15-16,22-23H,7-9,11H2,1-6H3/t15-,16+,21-/m0/s1. The van der Waals surface area contributed by atoms with Crippen LogP contribution in [0.15, 0.2) is 6.07 Å². The van der Waals surface area contributed by atoms with Crippen molar-refractivity contribution in [3.8, 4) is 11.5 Å². The molecular weight excluding hydrogens is 300 g/mol. The maximum absolute atomic E-state index is 11.1. The van der Waals surface area contributed by atoms with Crippen LogP contribution in [0.2, 0.25) is 0 Å². The molecule has 0 saturated heterocycles. The summed E-state index contributed by atoms with van der Waals surface area (Å²) >= 11 is 0. The molecule has 1 saturated carbocycles. The summed E-state index contributed by atoms with van der Waals surface area (Å²) in [7, 11) is 1.62. The van der Waals surface area contributed by atoms with Crippen LogP contribution in [0.3, 0.4) is 0 Å². The molecule has 1 aromatic rings. The molecule has 0 radical (unpaired) electrons. The fourth-order valence-corrected chi connectivity index (χ4v) is 5.55. The Morgan fingerprint density at radius 3 is 2.46 bits per heavy atom. The van der Waals surface area contributed by atoms with Gasteiger partial charge in [-0.15, -0.1) is 0 Å². The van der Waals surface area contributed by atoms with Crippen LogP contribution in [0.25, 0.3) is 0 Å².